The lowest BCUT2D eigenvalue weighted by atomic mass is 9.91. The van der Waals surface area contributed by atoms with E-state index >= 15 is 0 Å². The largest absolute Gasteiger partial charge is 0.444 e. The lowest BCUT2D eigenvalue weighted by Gasteiger charge is -2.30. The van der Waals surface area contributed by atoms with Gasteiger partial charge in [0.25, 0.3) is 0 Å². The third kappa shape index (κ3) is 5.92. The van der Waals surface area contributed by atoms with Crippen LogP contribution in [0.1, 0.15) is 73.1 Å². The molecule has 1 saturated carbocycles. The van der Waals surface area contributed by atoms with E-state index in [1.807, 2.05) is 20.8 Å². The molecular weight excluding hydrogens is 324 g/mol. The summed E-state index contributed by atoms with van der Waals surface area (Å²) in [5.41, 5.74) is -0.475. The number of carbonyl (C=O) groups excluding carboxylic acids is 1. The number of nitrogens with one attached hydrogen (secondary N) is 2. The van der Waals surface area contributed by atoms with Crippen molar-refractivity contribution in [3.63, 3.8) is 0 Å². The maximum Gasteiger partial charge on any atom is 0.407 e. The first-order valence-corrected chi connectivity index (χ1v) is 9.40. The van der Waals surface area contributed by atoms with Crippen LogP contribution in [0, 0.1) is 0 Å². The molecule has 1 fully saturated rings. The van der Waals surface area contributed by atoms with Crippen molar-refractivity contribution in [3.05, 3.63) is 5.82 Å². The minimum absolute atomic E-state index is 0.0224. The van der Waals surface area contributed by atoms with E-state index in [1.54, 1.807) is 0 Å². The van der Waals surface area contributed by atoms with Crippen LogP contribution in [0.5, 0.6) is 0 Å². The molecule has 136 valence electrons. The van der Waals surface area contributed by atoms with Gasteiger partial charge in [-0.05, 0) is 46.5 Å². The van der Waals surface area contributed by atoms with Crippen LogP contribution in [-0.2, 0) is 10.2 Å². The molecule has 2 N–H and O–H groups in total. The molecule has 1 amide bonds. The first kappa shape index (κ1) is 19.0. The number of hydrogen-bond donors (Lipinski definition) is 2. The van der Waals surface area contributed by atoms with Crippen molar-refractivity contribution < 1.29 is 9.53 Å². The fraction of sp³-hybridized carbons (Fsp3) is 0.824. The Bertz CT molecular complexity index is 552. The Morgan fingerprint density at radius 3 is 2.17 bits per heavy atom. The predicted molar refractivity (Wildman–Crippen MR) is 97.6 cm³/mol. The van der Waals surface area contributed by atoms with Crippen LogP contribution in [0.25, 0.3) is 0 Å². The highest BCUT2D eigenvalue weighted by Crippen LogP contribution is 2.26. The first-order valence-electron chi connectivity index (χ1n) is 8.63. The van der Waals surface area contributed by atoms with E-state index in [0.29, 0.717) is 6.04 Å². The molecule has 0 spiro atoms. The Labute approximate surface area is 148 Å². The average Bonchev–Trinajstić information content (AvgIpc) is 2.87. The second-order valence-corrected chi connectivity index (χ2v) is 9.26. The number of ether oxygens (including phenoxy) is 1. The maximum absolute atomic E-state index is 11.8. The van der Waals surface area contributed by atoms with Crippen LogP contribution in [0.2, 0.25) is 0 Å². The van der Waals surface area contributed by atoms with Gasteiger partial charge < -0.3 is 15.4 Å². The van der Waals surface area contributed by atoms with Gasteiger partial charge >= 0.3 is 6.09 Å². The van der Waals surface area contributed by atoms with Gasteiger partial charge in [-0.15, -0.1) is 0 Å². The summed E-state index contributed by atoms with van der Waals surface area (Å²) < 4.78 is 9.75. The average molecular weight is 355 g/mol. The molecule has 0 aromatic carbocycles. The van der Waals surface area contributed by atoms with E-state index in [2.05, 4.69) is 40.8 Å². The molecule has 1 aliphatic rings. The van der Waals surface area contributed by atoms with Gasteiger partial charge in [0.05, 0.1) is 0 Å². The van der Waals surface area contributed by atoms with Gasteiger partial charge in [-0.1, -0.05) is 20.8 Å². The van der Waals surface area contributed by atoms with E-state index in [0.717, 1.165) is 36.6 Å². The summed E-state index contributed by atoms with van der Waals surface area (Å²) in [4.78, 5) is 16.4. The predicted octanol–water partition coefficient (Wildman–Crippen LogP) is 4.08. The first-order chi connectivity index (χ1) is 11.0. The highest BCUT2D eigenvalue weighted by Gasteiger charge is 2.26. The van der Waals surface area contributed by atoms with Crippen LogP contribution in [0.3, 0.4) is 0 Å². The molecule has 0 radical (unpaired) electrons. The summed E-state index contributed by atoms with van der Waals surface area (Å²) in [7, 11) is 0. The van der Waals surface area contributed by atoms with Crippen molar-refractivity contribution in [2.75, 3.05) is 5.32 Å². The van der Waals surface area contributed by atoms with Crippen molar-refractivity contribution in [2.24, 2.45) is 0 Å². The lowest BCUT2D eigenvalue weighted by Crippen LogP contribution is -2.42. The molecular formula is C17H30N4O2S. The zero-order valence-electron chi connectivity index (χ0n) is 15.6. The molecule has 0 unspecified atom stereocenters. The van der Waals surface area contributed by atoms with Gasteiger partial charge in [-0.2, -0.15) is 4.37 Å². The number of anilines is 1. The summed E-state index contributed by atoms with van der Waals surface area (Å²) in [5.74, 6) is 0.885. The minimum atomic E-state index is -0.453. The summed E-state index contributed by atoms with van der Waals surface area (Å²) in [6.07, 6.45) is 3.58. The number of alkyl carbamates (subject to hydrolysis) is 1. The summed E-state index contributed by atoms with van der Waals surface area (Å²) in [6.45, 7) is 12.0. The maximum atomic E-state index is 11.8. The van der Waals surface area contributed by atoms with Crippen molar-refractivity contribution in [1.82, 2.24) is 14.7 Å². The van der Waals surface area contributed by atoms with Crippen LogP contribution in [0.15, 0.2) is 0 Å². The summed E-state index contributed by atoms with van der Waals surface area (Å²) >= 11 is 1.43. The van der Waals surface area contributed by atoms with Crippen LogP contribution in [0.4, 0.5) is 9.93 Å². The van der Waals surface area contributed by atoms with E-state index in [1.165, 1.54) is 11.5 Å². The number of amides is 1. The fourth-order valence-electron chi connectivity index (χ4n) is 2.62. The third-order valence-electron chi connectivity index (χ3n) is 3.87. The highest BCUT2D eigenvalue weighted by molar-refractivity contribution is 7.09. The minimum Gasteiger partial charge on any atom is -0.444 e. The Morgan fingerprint density at radius 1 is 1.08 bits per heavy atom. The van der Waals surface area contributed by atoms with Crippen LogP contribution in [-0.4, -0.2) is 33.1 Å². The van der Waals surface area contributed by atoms with Gasteiger partial charge in [0.15, 0.2) is 0 Å². The zero-order valence-corrected chi connectivity index (χ0v) is 16.4. The van der Waals surface area contributed by atoms with Gasteiger partial charge in [0, 0.05) is 29.0 Å². The van der Waals surface area contributed by atoms with E-state index < -0.39 is 5.60 Å². The molecule has 1 heterocycles. The molecule has 6 nitrogen and oxygen atoms in total. The topological polar surface area (TPSA) is 76.1 Å². The fourth-order valence-corrected chi connectivity index (χ4v) is 3.45. The van der Waals surface area contributed by atoms with Crippen molar-refractivity contribution in [2.45, 2.75) is 90.3 Å². The van der Waals surface area contributed by atoms with Crippen molar-refractivity contribution >= 4 is 22.8 Å². The smallest absolute Gasteiger partial charge is 0.407 e. The van der Waals surface area contributed by atoms with Gasteiger partial charge in [-0.3, -0.25) is 0 Å². The van der Waals surface area contributed by atoms with Gasteiger partial charge in [0.1, 0.15) is 11.4 Å². The number of hydrogen-bond acceptors (Lipinski definition) is 6. The lowest BCUT2D eigenvalue weighted by molar-refractivity contribution is 0.0492. The Morgan fingerprint density at radius 2 is 1.67 bits per heavy atom. The Balaban J connectivity index is 1.77. The van der Waals surface area contributed by atoms with Gasteiger partial charge in [0.2, 0.25) is 5.13 Å². The summed E-state index contributed by atoms with van der Waals surface area (Å²) in [5, 5.41) is 7.35. The SMILES string of the molecule is CC(C)(C)OC(=O)NC1CCC(Nc2nc(C(C)(C)C)ns2)CC1. The van der Waals surface area contributed by atoms with E-state index in [-0.39, 0.29) is 17.6 Å². The normalized spacial score (nSPS) is 22.1. The molecule has 0 aliphatic heterocycles. The molecule has 0 atom stereocenters. The van der Waals surface area contributed by atoms with Crippen molar-refractivity contribution in [1.29, 1.82) is 0 Å². The van der Waals surface area contributed by atoms with Gasteiger partial charge in [-0.25, -0.2) is 9.78 Å². The molecule has 24 heavy (non-hydrogen) atoms. The molecule has 0 bridgehead atoms. The highest BCUT2D eigenvalue weighted by atomic mass is 32.1. The molecule has 1 aliphatic carbocycles. The number of carbonyl (C=O) groups is 1. The zero-order chi connectivity index (χ0) is 18.0. The monoisotopic (exact) mass is 354 g/mol. The van der Waals surface area contributed by atoms with E-state index in [4.69, 9.17) is 4.74 Å². The molecule has 0 saturated heterocycles. The van der Waals surface area contributed by atoms with Crippen LogP contribution >= 0.6 is 11.5 Å². The Hall–Kier alpha value is -1.37. The number of nitrogens with zero attached hydrogens (tertiary/aromatic N) is 2. The van der Waals surface area contributed by atoms with E-state index in [9.17, 15) is 4.79 Å². The van der Waals surface area contributed by atoms with Crippen molar-refractivity contribution in [3.8, 4) is 0 Å². The second-order valence-electron chi connectivity index (χ2n) is 8.51. The number of aromatic nitrogens is 2. The summed E-state index contributed by atoms with van der Waals surface area (Å²) in [6, 6.07) is 0.583. The Kier molecular flexibility index (Phi) is 5.73. The third-order valence-corrected chi connectivity index (χ3v) is 4.52. The quantitative estimate of drug-likeness (QED) is 0.855. The second kappa shape index (κ2) is 7.25. The molecule has 1 aromatic rings. The molecule has 7 heteroatoms. The molecule has 2 rings (SSSR count). The van der Waals surface area contributed by atoms with Crippen LogP contribution < -0.4 is 10.6 Å². The standard InChI is InChI=1S/C17H30N4O2S/c1-16(2,3)13-20-14(24-21-13)18-11-7-9-12(10-8-11)19-15(22)23-17(4,5)6/h11-12H,7-10H2,1-6H3,(H,19,22)(H,18,20,21). The molecule has 1 aromatic heterocycles. The number of rotatable bonds is 3.